The van der Waals surface area contributed by atoms with Crippen molar-refractivity contribution in [1.82, 2.24) is 9.88 Å². The van der Waals surface area contributed by atoms with Crippen molar-refractivity contribution in [3.05, 3.63) is 30.5 Å². The molecular weight excluding hydrogens is 342 g/mol. The normalized spacial score (nSPS) is 15.0. The molecule has 0 spiro atoms. The first-order chi connectivity index (χ1) is 13.1. The quantitative estimate of drug-likeness (QED) is 0.780. The van der Waals surface area contributed by atoms with Gasteiger partial charge in [-0.1, -0.05) is 6.07 Å². The topological polar surface area (TPSA) is 75.5 Å². The van der Waals surface area contributed by atoms with E-state index in [4.69, 9.17) is 14.7 Å². The van der Waals surface area contributed by atoms with Gasteiger partial charge in [0, 0.05) is 24.7 Å². The highest BCUT2D eigenvalue weighted by Crippen LogP contribution is 2.29. The van der Waals surface area contributed by atoms with Crippen LogP contribution >= 0.6 is 0 Å². The molecule has 27 heavy (non-hydrogen) atoms. The molecule has 6 nitrogen and oxygen atoms in total. The highest BCUT2D eigenvalue weighted by Gasteiger charge is 2.23. The summed E-state index contributed by atoms with van der Waals surface area (Å²) in [6, 6.07) is 9.83. The Morgan fingerprint density at radius 3 is 2.81 bits per heavy atom. The molecule has 1 aliphatic rings. The number of carbonyl (C=O) groups excluding carboxylic acids is 1. The van der Waals surface area contributed by atoms with Gasteiger partial charge in [-0.3, -0.25) is 4.79 Å². The second kappa shape index (κ2) is 8.72. The number of benzene rings is 1. The van der Waals surface area contributed by atoms with Crippen LogP contribution in [-0.4, -0.2) is 41.6 Å². The first-order valence-corrected chi connectivity index (χ1v) is 9.39. The summed E-state index contributed by atoms with van der Waals surface area (Å²) < 4.78 is 11.8. The van der Waals surface area contributed by atoms with Gasteiger partial charge in [0.25, 0.3) is 0 Å². The van der Waals surface area contributed by atoms with Gasteiger partial charge in [-0.2, -0.15) is 5.26 Å². The minimum atomic E-state index is -0.0785. The van der Waals surface area contributed by atoms with Crippen LogP contribution in [0.5, 0.6) is 11.6 Å². The van der Waals surface area contributed by atoms with Crippen molar-refractivity contribution in [3.8, 4) is 17.7 Å². The summed E-state index contributed by atoms with van der Waals surface area (Å²) in [5, 5.41) is 10.7. The predicted octanol–water partition coefficient (Wildman–Crippen LogP) is 3.55. The van der Waals surface area contributed by atoms with Crippen molar-refractivity contribution in [1.29, 1.82) is 5.26 Å². The average molecular weight is 367 g/mol. The number of piperidine rings is 1. The molecule has 1 aliphatic heterocycles. The van der Waals surface area contributed by atoms with E-state index >= 15 is 0 Å². The molecule has 6 heteroatoms. The van der Waals surface area contributed by atoms with Gasteiger partial charge in [-0.25, -0.2) is 4.98 Å². The smallest absolute Gasteiger partial charge is 0.236 e. The third-order valence-corrected chi connectivity index (χ3v) is 4.73. The number of likely N-dealkylation sites (tertiary alicyclic amines) is 1. The van der Waals surface area contributed by atoms with Gasteiger partial charge in [0.05, 0.1) is 18.8 Å². The van der Waals surface area contributed by atoms with Crippen molar-refractivity contribution < 1.29 is 14.3 Å². The Balaban J connectivity index is 1.62. The lowest BCUT2D eigenvalue weighted by Crippen LogP contribution is -2.39. The lowest BCUT2D eigenvalue weighted by Gasteiger charge is -2.31. The number of hydrogen-bond acceptors (Lipinski definition) is 5. The molecule has 1 saturated heterocycles. The Bertz CT molecular complexity index is 836. The number of ether oxygens (including phenoxy) is 2. The van der Waals surface area contributed by atoms with Crippen LogP contribution in [0, 0.1) is 17.2 Å². The maximum atomic E-state index is 11.8. The summed E-state index contributed by atoms with van der Waals surface area (Å²) >= 11 is 0. The van der Waals surface area contributed by atoms with Crippen molar-refractivity contribution in [2.75, 3.05) is 19.7 Å². The summed E-state index contributed by atoms with van der Waals surface area (Å²) in [6.45, 7) is 5.94. The van der Waals surface area contributed by atoms with Crippen LogP contribution in [0.1, 0.15) is 33.1 Å². The molecule has 0 radical (unpaired) electrons. The third kappa shape index (κ3) is 4.88. The van der Waals surface area contributed by atoms with Crippen LogP contribution in [0.15, 0.2) is 30.5 Å². The second-order valence-corrected chi connectivity index (χ2v) is 7.14. The molecule has 0 saturated carbocycles. The van der Waals surface area contributed by atoms with E-state index in [1.165, 1.54) is 0 Å². The number of rotatable bonds is 6. The first kappa shape index (κ1) is 19.0. The molecule has 1 amide bonds. The second-order valence-electron chi connectivity index (χ2n) is 7.14. The van der Waals surface area contributed by atoms with Crippen LogP contribution in [0.4, 0.5) is 0 Å². The van der Waals surface area contributed by atoms with Gasteiger partial charge in [0.1, 0.15) is 12.2 Å². The van der Waals surface area contributed by atoms with E-state index in [0.717, 1.165) is 29.4 Å². The molecular formula is C21H25N3O3. The number of fused-ring (bicyclic) bond motifs is 1. The number of aromatic nitrogens is 1. The van der Waals surface area contributed by atoms with E-state index in [2.05, 4.69) is 4.98 Å². The van der Waals surface area contributed by atoms with E-state index in [0.29, 0.717) is 31.5 Å². The van der Waals surface area contributed by atoms with Crippen LogP contribution < -0.4 is 9.47 Å². The summed E-state index contributed by atoms with van der Waals surface area (Å²) in [4.78, 5) is 18.0. The average Bonchev–Trinajstić information content (AvgIpc) is 2.66. The summed E-state index contributed by atoms with van der Waals surface area (Å²) in [5.41, 5.74) is 0. The number of carbonyl (C=O) groups is 1. The lowest BCUT2D eigenvalue weighted by molar-refractivity contribution is -0.131. The van der Waals surface area contributed by atoms with E-state index in [1.807, 2.05) is 44.2 Å². The molecule has 0 unspecified atom stereocenters. The van der Waals surface area contributed by atoms with E-state index in [1.54, 1.807) is 11.1 Å². The standard InChI is InChI=1S/C21H25N3O3/c1-15(2)27-18-4-3-17-6-10-23-21(19(17)13-18)26-14-16-7-11-24(12-8-16)20(25)5-9-22/h3-4,6,10,13,15-16H,5,7-8,11-12,14H2,1-2H3. The molecule has 2 heterocycles. The first-order valence-electron chi connectivity index (χ1n) is 9.39. The fraction of sp³-hybridized carbons (Fsp3) is 0.476. The molecule has 1 fully saturated rings. The highest BCUT2D eigenvalue weighted by atomic mass is 16.5. The fourth-order valence-corrected chi connectivity index (χ4v) is 3.31. The predicted molar refractivity (Wildman–Crippen MR) is 103 cm³/mol. The van der Waals surface area contributed by atoms with Gasteiger partial charge in [-0.15, -0.1) is 0 Å². The van der Waals surface area contributed by atoms with Gasteiger partial charge in [-0.05, 0) is 56.2 Å². The summed E-state index contributed by atoms with van der Waals surface area (Å²) in [7, 11) is 0. The molecule has 142 valence electrons. The molecule has 1 aromatic carbocycles. The molecule has 0 N–H and O–H groups in total. The van der Waals surface area contributed by atoms with Crippen molar-refractivity contribution in [2.45, 2.75) is 39.2 Å². The minimum absolute atomic E-state index is 0.0398. The Morgan fingerprint density at radius 1 is 1.33 bits per heavy atom. The van der Waals surface area contributed by atoms with Crippen molar-refractivity contribution in [3.63, 3.8) is 0 Å². The zero-order chi connectivity index (χ0) is 19.2. The maximum Gasteiger partial charge on any atom is 0.236 e. The number of nitrogens with zero attached hydrogens (tertiary/aromatic N) is 3. The van der Waals surface area contributed by atoms with Crippen LogP contribution in [0.2, 0.25) is 0 Å². The van der Waals surface area contributed by atoms with Crippen LogP contribution in [0.25, 0.3) is 10.8 Å². The Morgan fingerprint density at radius 2 is 2.11 bits per heavy atom. The monoisotopic (exact) mass is 367 g/mol. The Kier molecular flexibility index (Phi) is 6.12. The maximum absolute atomic E-state index is 11.8. The summed E-state index contributed by atoms with van der Waals surface area (Å²) in [6.07, 6.45) is 3.58. The van der Waals surface area contributed by atoms with Gasteiger partial charge < -0.3 is 14.4 Å². The number of hydrogen-bond donors (Lipinski definition) is 0. The number of pyridine rings is 1. The molecule has 0 aliphatic carbocycles. The van der Waals surface area contributed by atoms with E-state index < -0.39 is 0 Å². The van der Waals surface area contributed by atoms with Crippen molar-refractivity contribution >= 4 is 16.7 Å². The van der Waals surface area contributed by atoms with Gasteiger partial charge >= 0.3 is 0 Å². The SMILES string of the molecule is CC(C)Oc1ccc2ccnc(OCC3CCN(C(=O)CC#N)CC3)c2c1. The molecule has 1 aromatic heterocycles. The lowest BCUT2D eigenvalue weighted by atomic mass is 9.97. The van der Waals surface area contributed by atoms with Gasteiger partial charge in [0.15, 0.2) is 0 Å². The summed E-state index contributed by atoms with van der Waals surface area (Å²) in [5.74, 6) is 1.72. The van der Waals surface area contributed by atoms with E-state index in [-0.39, 0.29) is 18.4 Å². The number of amides is 1. The zero-order valence-corrected chi connectivity index (χ0v) is 15.9. The molecule has 0 atom stereocenters. The van der Waals surface area contributed by atoms with E-state index in [9.17, 15) is 4.79 Å². The van der Waals surface area contributed by atoms with Crippen LogP contribution in [0.3, 0.4) is 0 Å². The Labute approximate surface area is 159 Å². The molecule has 3 rings (SSSR count). The Hall–Kier alpha value is -2.81. The highest BCUT2D eigenvalue weighted by molar-refractivity contribution is 5.88. The largest absolute Gasteiger partial charge is 0.491 e. The zero-order valence-electron chi connectivity index (χ0n) is 15.9. The molecule has 0 bridgehead atoms. The number of nitriles is 1. The minimum Gasteiger partial charge on any atom is -0.491 e. The van der Waals surface area contributed by atoms with Crippen LogP contribution in [-0.2, 0) is 4.79 Å². The van der Waals surface area contributed by atoms with Crippen molar-refractivity contribution in [2.24, 2.45) is 5.92 Å². The fourth-order valence-electron chi connectivity index (χ4n) is 3.31. The molecule has 2 aromatic rings. The third-order valence-electron chi connectivity index (χ3n) is 4.73. The van der Waals surface area contributed by atoms with Gasteiger partial charge in [0.2, 0.25) is 11.8 Å².